The summed E-state index contributed by atoms with van der Waals surface area (Å²) in [7, 11) is 0. The number of hydrogen-bond donors (Lipinski definition) is 0. The van der Waals surface area contributed by atoms with Gasteiger partial charge in [0, 0.05) is 17.6 Å². The maximum atomic E-state index is 10.8. The van der Waals surface area contributed by atoms with Crippen molar-refractivity contribution in [2.24, 2.45) is 5.41 Å². The van der Waals surface area contributed by atoms with Gasteiger partial charge in [-0.3, -0.25) is 0 Å². The summed E-state index contributed by atoms with van der Waals surface area (Å²) in [6, 6.07) is 0. The molecular weight excluding hydrogens is 276 g/mol. The van der Waals surface area contributed by atoms with Crippen LogP contribution in [0.15, 0.2) is 25.3 Å². The quantitative estimate of drug-likeness (QED) is 0.309. The molecule has 0 heterocycles. The topological polar surface area (TPSA) is 71.1 Å². The van der Waals surface area contributed by atoms with Crippen molar-refractivity contribution in [1.82, 2.24) is 0 Å². The van der Waals surface area contributed by atoms with Gasteiger partial charge >= 0.3 is 11.9 Å². The van der Waals surface area contributed by atoms with Crippen molar-refractivity contribution in [3.63, 3.8) is 0 Å². The first-order valence-corrected chi connectivity index (χ1v) is 6.65. The number of rotatable bonds is 12. The molecule has 120 valence electrons. The van der Waals surface area contributed by atoms with E-state index in [4.69, 9.17) is 18.9 Å². The number of carbonyl (C=O) groups excluding carboxylic acids is 2. The Balaban J connectivity index is 3.59. The zero-order valence-electron chi connectivity index (χ0n) is 12.8. The number of carbonyl (C=O) groups is 2. The van der Waals surface area contributed by atoms with Gasteiger partial charge in [-0.25, -0.2) is 9.59 Å². The third-order valence-corrected chi connectivity index (χ3v) is 2.26. The van der Waals surface area contributed by atoms with E-state index in [1.807, 2.05) is 13.8 Å². The van der Waals surface area contributed by atoms with Gasteiger partial charge < -0.3 is 18.9 Å². The van der Waals surface area contributed by atoms with Crippen molar-refractivity contribution in [3.8, 4) is 0 Å². The smallest absolute Gasteiger partial charge is 0.330 e. The van der Waals surface area contributed by atoms with Crippen molar-refractivity contribution in [3.05, 3.63) is 25.3 Å². The largest absolute Gasteiger partial charge is 0.460 e. The zero-order valence-corrected chi connectivity index (χ0v) is 12.8. The SMILES string of the molecule is C=CC(=O)OCCOCC(C)(C)COCCOC(=O)C=C. The molecule has 0 aliphatic rings. The van der Waals surface area contributed by atoms with E-state index in [1.54, 1.807) is 0 Å². The molecule has 0 aliphatic carbocycles. The van der Waals surface area contributed by atoms with Crippen LogP contribution in [-0.2, 0) is 28.5 Å². The van der Waals surface area contributed by atoms with Crippen LogP contribution >= 0.6 is 0 Å². The van der Waals surface area contributed by atoms with Gasteiger partial charge in [0.05, 0.1) is 26.4 Å². The van der Waals surface area contributed by atoms with E-state index in [0.29, 0.717) is 26.4 Å². The van der Waals surface area contributed by atoms with Gasteiger partial charge in [0.1, 0.15) is 13.2 Å². The Morgan fingerprint density at radius 1 is 0.857 bits per heavy atom. The van der Waals surface area contributed by atoms with Crippen molar-refractivity contribution in [2.45, 2.75) is 13.8 Å². The van der Waals surface area contributed by atoms with E-state index in [1.165, 1.54) is 0 Å². The van der Waals surface area contributed by atoms with Gasteiger partial charge in [-0.15, -0.1) is 0 Å². The van der Waals surface area contributed by atoms with Gasteiger partial charge in [0.25, 0.3) is 0 Å². The van der Waals surface area contributed by atoms with Crippen molar-refractivity contribution in [2.75, 3.05) is 39.6 Å². The van der Waals surface area contributed by atoms with Crippen LogP contribution in [0.25, 0.3) is 0 Å². The third-order valence-electron chi connectivity index (χ3n) is 2.26. The molecule has 0 aromatic rings. The molecule has 0 saturated carbocycles. The van der Waals surface area contributed by atoms with Crippen molar-refractivity contribution < 1.29 is 28.5 Å². The van der Waals surface area contributed by atoms with Crippen LogP contribution in [0.5, 0.6) is 0 Å². The zero-order chi connectivity index (χ0) is 16.1. The Morgan fingerprint density at radius 2 is 1.24 bits per heavy atom. The molecular formula is C15H24O6. The van der Waals surface area contributed by atoms with E-state index in [2.05, 4.69) is 13.2 Å². The highest BCUT2D eigenvalue weighted by atomic mass is 16.6. The summed E-state index contributed by atoms with van der Waals surface area (Å²) >= 11 is 0. The number of ether oxygens (including phenoxy) is 4. The van der Waals surface area contributed by atoms with Crippen LogP contribution in [0.2, 0.25) is 0 Å². The molecule has 0 bridgehead atoms. The summed E-state index contributed by atoms with van der Waals surface area (Å²) in [6.07, 6.45) is 2.22. The lowest BCUT2D eigenvalue weighted by Crippen LogP contribution is -2.27. The Morgan fingerprint density at radius 3 is 1.57 bits per heavy atom. The highest BCUT2D eigenvalue weighted by Gasteiger charge is 2.18. The summed E-state index contributed by atoms with van der Waals surface area (Å²) < 4.78 is 20.4. The third kappa shape index (κ3) is 11.8. The molecule has 0 aliphatic heterocycles. The van der Waals surface area contributed by atoms with Gasteiger partial charge in [-0.2, -0.15) is 0 Å². The molecule has 0 unspecified atom stereocenters. The summed E-state index contributed by atoms with van der Waals surface area (Å²) in [5.74, 6) is -0.925. The molecule has 21 heavy (non-hydrogen) atoms. The first-order chi connectivity index (χ1) is 9.91. The first kappa shape index (κ1) is 19.3. The molecule has 6 nitrogen and oxygen atoms in total. The van der Waals surface area contributed by atoms with Crippen LogP contribution in [-0.4, -0.2) is 51.6 Å². The van der Waals surface area contributed by atoms with Gasteiger partial charge in [-0.05, 0) is 0 Å². The lowest BCUT2D eigenvalue weighted by atomic mass is 9.96. The highest BCUT2D eigenvalue weighted by Crippen LogP contribution is 2.15. The van der Waals surface area contributed by atoms with Crippen molar-refractivity contribution >= 4 is 11.9 Å². The average Bonchev–Trinajstić information content (AvgIpc) is 2.45. The monoisotopic (exact) mass is 300 g/mol. The summed E-state index contributed by atoms with van der Waals surface area (Å²) in [4.78, 5) is 21.6. The molecule has 0 spiro atoms. The minimum atomic E-state index is -0.463. The standard InChI is InChI=1S/C15H24O6/c1-5-13(16)20-9-7-18-11-15(3,4)12-19-8-10-21-14(17)6-2/h5-6H,1-2,7-12H2,3-4H3. The Labute approximate surface area is 125 Å². The molecule has 0 aromatic carbocycles. The molecule has 0 amide bonds. The average molecular weight is 300 g/mol. The first-order valence-electron chi connectivity index (χ1n) is 6.65. The fraction of sp³-hybridized carbons (Fsp3) is 0.600. The van der Waals surface area contributed by atoms with Crippen LogP contribution < -0.4 is 0 Å². The molecule has 0 aromatic heterocycles. The van der Waals surface area contributed by atoms with Crippen LogP contribution in [0.1, 0.15) is 13.8 Å². The number of hydrogen-bond acceptors (Lipinski definition) is 6. The fourth-order valence-corrected chi connectivity index (χ4v) is 1.26. The summed E-state index contributed by atoms with van der Waals surface area (Å²) in [5, 5.41) is 0. The number of esters is 2. The Hall–Kier alpha value is -1.66. The molecule has 0 fully saturated rings. The van der Waals surface area contributed by atoms with E-state index < -0.39 is 11.9 Å². The van der Waals surface area contributed by atoms with Gasteiger partial charge in [0.2, 0.25) is 0 Å². The van der Waals surface area contributed by atoms with Crippen LogP contribution in [0.4, 0.5) is 0 Å². The van der Waals surface area contributed by atoms with Crippen LogP contribution in [0.3, 0.4) is 0 Å². The van der Waals surface area contributed by atoms with Crippen molar-refractivity contribution in [1.29, 1.82) is 0 Å². The van der Waals surface area contributed by atoms with Gasteiger partial charge in [-0.1, -0.05) is 27.0 Å². The fourth-order valence-electron chi connectivity index (χ4n) is 1.26. The predicted octanol–water partition coefficient (Wildman–Crippen LogP) is 1.50. The van der Waals surface area contributed by atoms with Gasteiger partial charge in [0.15, 0.2) is 0 Å². The maximum Gasteiger partial charge on any atom is 0.330 e. The molecule has 6 heteroatoms. The molecule has 0 atom stereocenters. The Bertz CT molecular complexity index is 316. The normalized spacial score (nSPS) is 10.8. The van der Waals surface area contributed by atoms with E-state index in [9.17, 15) is 9.59 Å². The van der Waals surface area contributed by atoms with E-state index >= 15 is 0 Å². The molecule has 0 rings (SSSR count). The van der Waals surface area contributed by atoms with E-state index in [-0.39, 0.29) is 18.6 Å². The lowest BCUT2D eigenvalue weighted by Gasteiger charge is -2.24. The predicted molar refractivity (Wildman–Crippen MR) is 77.7 cm³/mol. The summed E-state index contributed by atoms with van der Waals surface area (Å²) in [5.41, 5.74) is -0.190. The maximum absolute atomic E-state index is 10.8. The second-order valence-corrected chi connectivity index (χ2v) is 5.01. The molecule has 0 saturated heterocycles. The van der Waals surface area contributed by atoms with E-state index in [0.717, 1.165) is 12.2 Å². The highest BCUT2D eigenvalue weighted by molar-refractivity contribution is 5.81. The molecule has 0 N–H and O–H groups in total. The minimum absolute atomic E-state index is 0.190. The van der Waals surface area contributed by atoms with Crippen LogP contribution in [0, 0.1) is 5.41 Å². The summed E-state index contributed by atoms with van der Waals surface area (Å²) in [6.45, 7) is 12.5. The second-order valence-electron chi connectivity index (χ2n) is 5.01. The Kier molecular flexibility index (Phi) is 10.2. The second kappa shape index (κ2) is 11.0. The lowest BCUT2D eigenvalue weighted by molar-refractivity contribution is -0.139. The minimum Gasteiger partial charge on any atom is -0.460 e. The molecule has 0 radical (unpaired) electrons.